The van der Waals surface area contributed by atoms with Crippen molar-refractivity contribution < 1.29 is 46.5 Å². The second-order valence-corrected chi connectivity index (χ2v) is 12.2. The molecule has 2 aromatic rings. The number of hydrogen-bond acceptors (Lipinski definition) is 8. The normalized spacial score (nSPS) is 14.4. The summed E-state index contributed by atoms with van der Waals surface area (Å²) in [5, 5.41) is 9.96. The second-order valence-electron chi connectivity index (χ2n) is 10.6. The SMILES string of the molecule is C=CCOC(=O)NS(=O)(=O)N(CC(=O)OC)c1c(OCc2ccccc2)cc2c(c1F)C[C@H](CCCC(C)C)N(C(=O)O)C2. The standard InChI is InChI=1S/C30H38FN3O9S/c1-5-14-42-29(36)32-44(39,40)34(18-26(35)41-4)28-25(43-19-21-11-7-6-8-12-21)15-22-17-33(30(37)38)23(13-9-10-20(2)3)16-24(22)27(28)31/h5-8,11-12,15,20,23H,1,9-10,13-14,16-19H2,2-4H3,(H,32,36)(H,37,38)/t23-/m0/s1. The van der Waals surface area contributed by atoms with E-state index in [1.165, 1.54) is 17.0 Å². The average molecular weight is 636 g/mol. The van der Waals surface area contributed by atoms with Crippen LogP contribution < -0.4 is 13.8 Å². The lowest BCUT2D eigenvalue weighted by molar-refractivity contribution is -0.138. The molecule has 2 amide bonds. The number of methoxy groups -OCH3 is 1. The molecule has 44 heavy (non-hydrogen) atoms. The van der Waals surface area contributed by atoms with Gasteiger partial charge in [0.25, 0.3) is 0 Å². The molecule has 2 aromatic carbocycles. The third-order valence-corrected chi connectivity index (χ3v) is 8.32. The number of fused-ring (bicyclic) bond motifs is 1. The average Bonchev–Trinajstić information content (AvgIpc) is 2.98. The number of hydrogen-bond donors (Lipinski definition) is 2. The van der Waals surface area contributed by atoms with Gasteiger partial charge in [-0.25, -0.2) is 23.0 Å². The molecule has 0 bridgehead atoms. The van der Waals surface area contributed by atoms with E-state index >= 15 is 4.39 Å². The van der Waals surface area contributed by atoms with Crippen LogP contribution in [0.15, 0.2) is 49.1 Å². The Morgan fingerprint density at radius 3 is 2.57 bits per heavy atom. The largest absolute Gasteiger partial charge is 0.487 e. The first-order valence-electron chi connectivity index (χ1n) is 14.0. The number of carboxylic acid groups (broad SMARTS) is 1. The van der Waals surface area contributed by atoms with E-state index in [2.05, 4.69) is 11.3 Å². The number of rotatable bonds is 14. The van der Waals surface area contributed by atoms with Gasteiger partial charge in [0.15, 0.2) is 5.82 Å². The van der Waals surface area contributed by atoms with Gasteiger partial charge in [0.2, 0.25) is 0 Å². The highest BCUT2D eigenvalue weighted by molar-refractivity contribution is 7.91. The van der Waals surface area contributed by atoms with Gasteiger partial charge in [0, 0.05) is 12.6 Å². The summed E-state index contributed by atoms with van der Waals surface area (Å²) in [6.45, 7) is 5.88. The van der Waals surface area contributed by atoms with Gasteiger partial charge in [-0.3, -0.25) is 4.79 Å². The molecule has 0 spiro atoms. The summed E-state index contributed by atoms with van der Waals surface area (Å²) < 4.78 is 61.0. The predicted molar refractivity (Wildman–Crippen MR) is 160 cm³/mol. The lowest BCUT2D eigenvalue weighted by atomic mass is 9.89. The van der Waals surface area contributed by atoms with Crippen LogP contribution in [0.5, 0.6) is 5.75 Å². The van der Waals surface area contributed by atoms with E-state index in [0.717, 1.165) is 13.5 Å². The third-order valence-electron chi connectivity index (χ3n) is 7.01. The molecule has 0 aromatic heterocycles. The molecule has 240 valence electrons. The van der Waals surface area contributed by atoms with Crippen molar-refractivity contribution in [2.75, 3.05) is 24.6 Å². The van der Waals surface area contributed by atoms with Gasteiger partial charge in [-0.15, -0.1) is 0 Å². The van der Waals surface area contributed by atoms with Gasteiger partial charge >= 0.3 is 28.4 Å². The number of nitrogens with one attached hydrogen (secondary N) is 1. The summed E-state index contributed by atoms with van der Waals surface area (Å²) >= 11 is 0. The van der Waals surface area contributed by atoms with Crippen LogP contribution in [-0.4, -0.2) is 62.9 Å². The van der Waals surface area contributed by atoms with E-state index in [1.54, 1.807) is 35.1 Å². The minimum absolute atomic E-state index is 0.0432. The molecule has 0 saturated heterocycles. The van der Waals surface area contributed by atoms with Crippen molar-refractivity contribution in [2.24, 2.45) is 5.92 Å². The van der Waals surface area contributed by atoms with Crippen molar-refractivity contribution in [3.05, 3.63) is 71.6 Å². The summed E-state index contributed by atoms with van der Waals surface area (Å²) in [7, 11) is -3.95. The van der Waals surface area contributed by atoms with Crippen LogP contribution in [0, 0.1) is 11.7 Å². The van der Waals surface area contributed by atoms with Crippen molar-refractivity contribution in [2.45, 2.75) is 58.7 Å². The number of benzene rings is 2. The van der Waals surface area contributed by atoms with E-state index in [9.17, 15) is 27.9 Å². The summed E-state index contributed by atoms with van der Waals surface area (Å²) in [5.41, 5.74) is 0.394. The number of anilines is 1. The Balaban J connectivity index is 2.16. The summed E-state index contributed by atoms with van der Waals surface area (Å²) in [5.74, 6) is -1.98. The molecule has 1 heterocycles. The first-order valence-corrected chi connectivity index (χ1v) is 15.5. The number of ether oxygens (including phenoxy) is 3. The topological polar surface area (TPSA) is 152 Å². The third kappa shape index (κ3) is 8.85. The van der Waals surface area contributed by atoms with Crippen molar-refractivity contribution in [3.63, 3.8) is 0 Å². The maximum absolute atomic E-state index is 16.7. The van der Waals surface area contributed by atoms with Crippen LogP contribution in [0.4, 0.5) is 19.7 Å². The Kier molecular flexibility index (Phi) is 12.0. The van der Waals surface area contributed by atoms with Crippen LogP contribution >= 0.6 is 0 Å². The van der Waals surface area contributed by atoms with Crippen molar-refractivity contribution >= 4 is 34.1 Å². The number of carbonyl (C=O) groups is 3. The zero-order valence-corrected chi connectivity index (χ0v) is 25.8. The minimum Gasteiger partial charge on any atom is -0.487 e. The van der Waals surface area contributed by atoms with Crippen LogP contribution in [-0.2, 0) is 44.1 Å². The smallest absolute Gasteiger partial charge is 0.422 e. The number of carbonyl (C=O) groups excluding carboxylic acids is 2. The predicted octanol–water partition coefficient (Wildman–Crippen LogP) is 4.77. The van der Waals surface area contributed by atoms with Crippen molar-refractivity contribution in [3.8, 4) is 5.75 Å². The summed E-state index contributed by atoms with van der Waals surface area (Å²) in [4.78, 5) is 38.1. The van der Waals surface area contributed by atoms with Gasteiger partial charge in [-0.2, -0.15) is 8.42 Å². The molecule has 0 aliphatic carbocycles. The van der Waals surface area contributed by atoms with E-state index in [0.29, 0.717) is 28.6 Å². The van der Waals surface area contributed by atoms with Gasteiger partial charge in [-0.1, -0.05) is 69.7 Å². The molecule has 0 fully saturated rings. The van der Waals surface area contributed by atoms with Crippen LogP contribution in [0.3, 0.4) is 0 Å². The summed E-state index contributed by atoms with van der Waals surface area (Å²) in [6, 6.07) is 9.56. The van der Waals surface area contributed by atoms with Gasteiger partial charge in [-0.05, 0) is 41.5 Å². The molecule has 1 aliphatic heterocycles. The number of nitrogens with zero attached hydrogens (tertiary/aromatic N) is 2. The first kappa shape index (κ1) is 34.2. The van der Waals surface area contributed by atoms with Crippen LogP contribution in [0.1, 0.15) is 49.8 Å². The van der Waals surface area contributed by atoms with Crippen LogP contribution in [0.2, 0.25) is 0 Å². The van der Waals surface area contributed by atoms with E-state index in [-0.39, 0.29) is 43.1 Å². The Morgan fingerprint density at radius 1 is 1.25 bits per heavy atom. The maximum atomic E-state index is 16.7. The number of halogens is 1. The highest BCUT2D eigenvalue weighted by Gasteiger charge is 2.38. The molecule has 0 radical (unpaired) electrons. The molecule has 2 N–H and O–H groups in total. The number of amides is 2. The molecule has 12 nitrogen and oxygen atoms in total. The van der Waals surface area contributed by atoms with E-state index < -0.39 is 52.5 Å². The lowest BCUT2D eigenvalue weighted by Crippen LogP contribution is -2.47. The molecular weight excluding hydrogens is 597 g/mol. The highest BCUT2D eigenvalue weighted by atomic mass is 32.2. The fourth-order valence-corrected chi connectivity index (χ4v) is 5.90. The van der Waals surface area contributed by atoms with Gasteiger partial charge in [0.1, 0.15) is 31.2 Å². The van der Waals surface area contributed by atoms with Gasteiger partial charge in [0.05, 0.1) is 7.11 Å². The van der Waals surface area contributed by atoms with E-state index in [4.69, 9.17) is 9.47 Å². The van der Waals surface area contributed by atoms with Gasteiger partial charge < -0.3 is 24.2 Å². The van der Waals surface area contributed by atoms with Crippen molar-refractivity contribution in [1.82, 2.24) is 9.62 Å². The zero-order valence-electron chi connectivity index (χ0n) is 25.0. The van der Waals surface area contributed by atoms with Crippen LogP contribution in [0.25, 0.3) is 0 Å². The minimum atomic E-state index is -4.98. The molecule has 3 rings (SSSR count). The van der Waals surface area contributed by atoms with Crippen molar-refractivity contribution in [1.29, 1.82) is 0 Å². The second kappa shape index (κ2) is 15.4. The maximum Gasteiger partial charge on any atom is 0.422 e. The Hall–Kier alpha value is -4.33. The molecule has 0 unspecified atom stereocenters. The Bertz CT molecular complexity index is 1450. The molecule has 14 heteroatoms. The number of esters is 1. The fourth-order valence-electron chi connectivity index (χ4n) is 4.84. The Morgan fingerprint density at radius 2 is 1.95 bits per heavy atom. The Labute approximate surface area is 256 Å². The first-order chi connectivity index (χ1) is 20.9. The molecule has 0 saturated carbocycles. The van der Waals surface area contributed by atoms with E-state index in [1.807, 2.05) is 13.8 Å². The fraction of sp³-hybridized carbons (Fsp3) is 0.433. The monoisotopic (exact) mass is 635 g/mol. The summed E-state index contributed by atoms with van der Waals surface area (Å²) in [6.07, 6.45) is 0.633. The highest BCUT2D eigenvalue weighted by Crippen LogP contribution is 2.41. The molecule has 1 aliphatic rings. The molecule has 1 atom stereocenters. The quantitative estimate of drug-likeness (QED) is 0.221. The zero-order chi connectivity index (χ0) is 32.4. The lowest BCUT2D eigenvalue weighted by Gasteiger charge is -2.37. The molecular formula is C30H38FN3O9S.